The lowest BCUT2D eigenvalue weighted by Crippen LogP contribution is -2.15. The van der Waals surface area contributed by atoms with Crippen LogP contribution in [0.25, 0.3) is 22.9 Å². The van der Waals surface area contributed by atoms with Crippen LogP contribution >= 0.6 is 0 Å². The molecule has 0 saturated carbocycles. The van der Waals surface area contributed by atoms with E-state index < -0.39 is 0 Å². The van der Waals surface area contributed by atoms with Gasteiger partial charge in [0.25, 0.3) is 0 Å². The number of rotatable bonds is 7. The molecule has 0 atom stereocenters. The topological polar surface area (TPSA) is 77.2 Å². The van der Waals surface area contributed by atoms with Crippen LogP contribution in [0.1, 0.15) is 12.0 Å². The normalized spacial score (nSPS) is 10.6. The number of nitrogens with one attached hydrogen (secondary N) is 1. The predicted octanol–water partition coefficient (Wildman–Crippen LogP) is 5.12. The van der Waals surface area contributed by atoms with E-state index in [1.54, 1.807) is 12.1 Å². The van der Waals surface area contributed by atoms with Crippen LogP contribution in [0.2, 0.25) is 0 Å². The summed E-state index contributed by atoms with van der Waals surface area (Å²) in [7, 11) is 0. The molecular formula is C24H21N3O3. The van der Waals surface area contributed by atoms with Crippen molar-refractivity contribution in [3.05, 3.63) is 84.4 Å². The Hall–Kier alpha value is -3.93. The summed E-state index contributed by atoms with van der Waals surface area (Å²) >= 11 is 0. The lowest BCUT2D eigenvalue weighted by molar-refractivity contribution is -0.116. The number of aryl methyl sites for hydroxylation is 1. The molecule has 3 aromatic carbocycles. The Morgan fingerprint density at radius 1 is 0.900 bits per heavy atom. The number of amides is 1. The zero-order valence-electron chi connectivity index (χ0n) is 16.5. The van der Waals surface area contributed by atoms with Gasteiger partial charge < -0.3 is 14.5 Å². The second-order valence-corrected chi connectivity index (χ2v) is 6.82. The molecule has 4 rings (SSSR count). The molecule has 1 amide bonds. The highest BCUT2D eigenvalue weighted by Crippen LogP contribution is 2.24. The summed E-state index contributed by atoms with van der Waals surface area (Å²) in [6, 6.07) is 24.6. The number of aromatic nitrogens is 2. The van der Waals surface area contributed by atoms with Gasteiger partial charge in [-0.1, -0.05) is 30.3 Å². The minimum Gasteiger partial charge on any atom is -0.493 e. The van der Waals surface area contributed by atoms with Gasteiger partial charge in [-0.15, -0.1) is 10.2 Å². The molecule has 150 valence electrons. The Kier molecular flexibility index (Phi) is 5.85. The van der Waals surface area contributed by atoms with Crippen molar-refractivity contribution in [1.82, 2.24) is 10.2 Å². The van der Waals surface area contributed by atoms with Crippen molar-refractivity contribution >= 4 is 11.6 Å². The molecule has 1 aromatic heterocycles. The molecule has 0 aliphatic rings. The first-order chi connectivity index (χ1) is 14.7. The predicted molar refractivity (Wildman–Crippen MR) is 115 cm³/mol. The number of hydrogen-bond donors (Lipinski definition) is 1. The number of nitrogens with zero attached hydrogens (tertiary/aromatic N) is 2. The van der Waals surface area contributed by atoms with Crippen LogP contribution in [-0.4, -0.2) is 22.7 Å². The summed E-state index contributed by atoms with van der Waals surface area (Å²) in [5.41, 5.74) is 3.47. The summed E-state index contributed by atoms with van der Waals surface area (Å²) in [4.78, 5) is 12.2. The largest absolute Gasteiger partial charge is 0.493 e. The van der Waals surface area contributed by atoms with E-state index in [0.717, 1.165) is 22.4 Å². The summed E-state index contributed by atoms with van der Waals surface area (Å²) < 4.78 is 11.4. The monoisotopic (exact) mass is 399 g/mol. The average molecular weight is 399 g/mol. The number of benzene rings is 3. The van der Waals surface area contributed by atoms with E-state index in [0.29, 0.717) is 24.1 Å². The third kappa shape index (κ3) is 4.91. The van der Waals surface area contributed by atoms with Crippen LogP contribution in [0.15, 0.2) is 83.3 Å². The summed E-state index contributed by atoms with van der Waals surface area (Å²) in [5, 5.41) is 11.1. The quantitative estimate of drug-likeness (QED) is 0.467. The van der Waals surface area contributed by atoms with Crippen molar-refractivity contribution < 1.29 is 13.9 Å². The zero-order valence-corrected chi connectivity index (χ0v) is 16.5. The van der Waals surface area contributed by atoms with Gasteiger partial charge in [0.15, 0.2) is 0 Å². The second kappa shape index (κ2) is 9.05. The molecule has 1 heterocycles. The van der Waals surface area contributed by atoms with Crippen molar-refractivity contribution in [3.8, 4) is 28.7 Å². The molecule has 6 heteroatoms. The number of ether oxygens (including phenoxy) is 1. The molecule has 30 heavy (non-hydrogen) atoms. The van der Waals surface area contributed by atoms with Gasteiger partial charge in [0.2, 0.25) is 17.7 Å². The van der Waals surface area contributed by atoms with Crippen molar-refractivity contribution in [2.24, 2.45) is 0 Å². The Labute approximate surface area is 174 Å². The summed E-state index contributed by atoms with van der Waals surface area (Å²) in [6.45, 7) is 2.32. The number of carbonyl (C=O) groups is 1. The molecule has 0 saturated heterocycles. The SMILES string of the molecule is Cc1cccc(OCCC(=O)Nc2ccc(-c3nnc(-c4ccccc4)o3)cc2)c1. The summed E-state index contributed by atoms with van der Waals surface area (Å²) in [5.74, 6) is 1.55. The van der Waals surface area contributed by atoms with E-state index in [9.17, 15) is 4.79 Å². The molecule has 1 N–H and O–H groups in total. The Bertz CT molecular complexity index is 1120. The minimum atomic E-state index is -0.112. The zero-order chi connectivity index (χ0) is 20.8. The highest BCUT2D eigenvalue weighted by molar-refractivity contribution is 5.91. The van der Waals surface area contributed by atoms with Gasteiger partial charge >= 0.3 is 0 Å². The number of carbonyl (C=O) groups excluding carboxylic acids is 1. The second-order valence-electron chi connectivity index (χ2n) is 6.82. The van der Waals surface area contributed by atoms with E-state index in [1.165, 1.54) is 0 Å². The van der Waals surface area contributed by atoms with Gasteiger partial charge in [0.1, 0.15) is 5.75 Å². The van der Waals surface area contributed by atoms with Crippen LogP contribution in [-0.2, 0) is 4.79 Å². The molecule has 4 aromatic rings. The lowest BCUT2D eigenvalue weighted by atomic mass is 10.2. The smallest absolute Gasteiger partial charge is 0.248 e. The molecule has 0 bridgehead atoms. The third-order valence-electron chi connectivity index (χ3n) is 4.45. The molecule has 0 radical (unpaired) electrons. The molecule has 0 aliphatic heterocycles. The third-order valence-corrected chi connectivity index (χ3v) is 4.45. The lowest BCUT2D eigenvalue weighted by Gasteiger charge is -2.08. The Balaban J connectivity index is 1.31. The molecule has 0 spiro atoms. The van der Waals surface area contributed by atoms with E-state index in [2.05, 4.69) is 15.5 Å². The molecular weight excluding hydrogens is 378 g/mol. The average Bonchev–Trinajstić information content (AvgIpc) is 3.25. The maximum Gasteiger partial charge on any atom is 0.248 e. The molecule has 0 unspecified atom stereocenters. The Morgan fingerprint density at radius 2 is 1.60 bits per heavy atom. The summed E-state index contributed by atoms with van der Waals surface area (Å²) in [6.07, 6.45) is 0.264. The molecule has 6 nitrogen and oxygen atoms in total. The highest BCUT2D eigenvalue weighted by atomic mass is 16.5. The van der Waals surface area contributed by atoms with E-state index in [1.807, 2.05) is 73.7 Å². The van der Waals surface area contributed by atoms with Gasteiger partial charge in [-0.05, 0) is 61.0 Å². The van der Waals surface area contributed by atoms with E-state index in [-0.39, 0.29) is 12.3 Å². The number of anilines is 1. The van der Waals surface area contributed by atoms with Gasteiger partial charge in [0.05, 0.1) is 13.0 Å². The van der Waals surface area contributed by atoms with Crippen molar-refractivity contribution in [3.63, 3.8) is 0 Å². The maximum atomic E-state index is 12.2. The van der Waals surface area contributed by atoms with Crippen LogP contribution in [0.5, 0.6) is 5.75 Å². The first-order valence-electron chi connectivity index (χ1n) is 9.66. The van der Waals surface area contributed by atoms with Gasteiger partial charge in [0, 0.05) is 16.8 Å². The fraction of sp³-hybridized carbons (Fsp3) is 0.125. The highest BCUT2D eigenvalue weighted by Gasteiger charge is 2.10. The standard InChI is InChI=1S/C24H21N3O3/c1-17-6-5-9-21(16-17)29-15-14-22(28)25-20-12-10-19(11-13-20)24-27-26-23(30-24)18-7-3-2-4-8-18/h2-13,16H,14-15H2,1H3,(H,25,28). The molecule has 0 aliphatic carbocycles. The fourth-order valence-electron chi connectivity index (χ4n) is 2.92. The fourth-order valence-corrected chi connectivity index (χ4v) is 2.92. The van der Waals surface area contributed by atoms with Gasteiger partial charge in [-0.2, -0.15) is 0 Å². The van der Waals surface area contributed by atoms with E-state index in [4.69, 9.17) is 9.15 Å². The van der Waals surface area contributed by atoms with Crippen molar-refractivity contribution in [2.75, 3.05) is 11.9 Å². The number of hydrogen-bond acceptors (Lipinski definition) is 5. The molecule has 0 fully saturated rings. The van der Waals surface area contributed by atoms with Crippen molar-refractivity contribution in [2.45, 2.75) is 13.3 Å². The maximum absolute atomic E-state index is 12.2. The Morgan fingerprint density at radius 3 is 2.30 bits per heavy atom. The van der Waals surface area contributed by atoms with E-state index >= 15 is 0 Å². The minimum absolute atomic E-state index is 0.112. The first-order valence-corrected chi connectivity index (χ1v) is 9.66. The van der Waals surface area contributed by atoms with Crippen LogP contribution in [0, 0.1) is 6.92 Å². The van der Waals surface area contributed by atoms with Crippen LogP contribution < -0.4 is 10.1 Å². The van der Waals surface area contributed by atoms with Crippen LogP contribution in [0.4, 0.5) is 5.69 Å². The van der Waals surface area contributed by atoms with Crippen LogP contribution in [0.3, 0.4) is 0 Å². The van der Waals surface area contributed by atoms with Gasteiger partial charge in [-0.25, -0.2) is 0 Å². The first kappa shape index (κ1) is 19.4. The van der Waals surface area contributed by atoms with Crippen molar-refractivity contribution in [1.29, 1.82) is 0 Å². The van der Waals surface area contributed by atoms with Gasteiger partial charge in [-0.3, -0.25) is 4.79 Å².